The fraction of sp³-hybridized carbons (Fsp3) is 0.417. The van der Waals surface area contributed by atoms with Crippen LogP contribution in [0.25, 0.3) is 0 Å². The molecule has 1 saturated heterocycles. The van der Waals surface area contributed by atoms with Gasteiger partial charge in [-0.2, -0.15) is 0 Å². The van der Waals surface area contributed by atoms with Crippen molar-refractivity contribution in [3.63, 3.8) is 0 Å². The zero-order valence-electron chi connectivity index (χ0n) is 19.6. The van der Waals surface area contributed by atoms with E-state index in [0.29, 0.717) is 41.7 Å². The van der Waals surface area contributed by atoms with Gasteiger partial charge >= 0.3 is 5.97 Å². The molecule has 0 saturated carbocycles. The van der Waals surface area contributed by atoms with Gasteiger partial charge in [-0.05, 0) is 70.5 Å². The molecule has 3 N–H and O–H groups in total. The third-order valence-corrected chi connectivity index (χ3v) is 5.39. The SMILES string of the molecule is COc1ccc(NC(=O)C2CCNC(C(=O)OC(C)(C)C)C2)c(C(=O)Nc2ccc(Cl)cn2)c1. The van der Waals surface area contributed by atoms with Gasteiger partial charge in [0.15, 0.2) is 0 Å². The summed E-state index contributed by atoms with van der Waals surface area (Å²) < 4.78 is 10.7. The smallest absolute Gasteiger partial charge is 0.323 e. The number of rotatable bonds is 6. The first-order valence-electron chi connectivity index (χ1n) is 10.9. The van der Waals surface area contributed by atoms with Gasteiger partial charge in [-0.1, -0.05) is 11.6 Å². The largest absolute Gasteiger partial charge is 0.497 e. The van der Waals surface area contributed by atoms with E-state index in [1.807, 2.05) is 0 Å². The molecule has 2 unspecified atom stereocenters. The predicted molar refractivity (Wildman–Crippen MR) is 129 cm³/mol. The summed E-state index contributed by atoms with van der Waals surface area (Å²) in [7, 11) is 1.49. The first-order chi connectivity index (χ1) is 16.1. The lowest BCUT2D eigenvalue weighted by atomic mass is 9.91. The molecule has 1 aliphatic rings. The number of amides is 2. The lowest BCUT2D eigenvalue weighted by Gasteiger charge is -2.30. The maximum Gasteiger partial charge on any atom is 0.323 e. The molecule has 1 fully saturated rings. The van der Waals surface area contributed by atoms with Crippen molar-refractivity contribution in [1.29, 1.82) is 0 Å². The standard InChI is InChI=1S/C24H29ClN4O5/c1-24(2,3)34-23(32)19-11-14(9-10-26-19)21(30)28-18-7-6-16(33-4)12-17(18)22(31)29-20-8-5-15(25)13-27-20/h5-8,12-14,19,26H,9-11H2,1-4H3,(H,28,30)(H,27,29,31). The molecule has 3 rings (SSSR count). The number of carbonyl (C=O) groups excluding carboxylic acids is 3. The normalized spacial score (nSPS) is 18.0. The number of nitrogens with one attached hydrogen (secondary N) is 3. The van der Waals surface area contributed by atoms with Crippen molar-refractivity contribution < 1.29 is 23.9 Å². The van der Waals surface area contributed by atoms with Gasteiger partial charge in [0.1, 0.15) is 23.2 Å². The molecule has 0 spiro atoms. The summed E-state index contributed by atoms with van der Waals surface area (Å²) in [5.41, 5.74) is -0.0789. The zero-order chi connectivity index (χ0) is 24.9. The number of hydrogen-bond acceptors (Lipinski definition) is 7. The van der Waals surface area contributed by atoms with Crippen LogP contribution in [0.1, 0.15) is 44.0 Å². The van der Waals surface area contributed by atoms with E-state index in [0.717, 1.165) is 0 Å². The highest BCUT2D eigenvalue weighted by Crippen LogP contribution is 2.26. The first-order valence-corrected chi connectivity index (χ1v) is 11.3. The Bertz CT molecular complexity index is 1050. The van der Waals surface area contributed by atoms with Crippen molar-refractivity contribution in [2.45, 2.75) is 45.3 Å². The van der Waals surface area contributed by atoms with Crippen LogP contribution in [-0.2, 0) is 14.3 Å². The number of aromatic nitrogens is 1. The van der Waals surface area contributed by atoms with Crippen LogP contribution in [0.4, 0.5) is 11.5 Å². The fourth-order valence-corrected chi connectivity index (χ4v) is 3.64. The molecule has 1 aromatic heterocycles. The average Bonchev–Trinajstić information content (AvgIpc) is 2.79. The number of halogens is 1. The van der Waals surface area contributed by atoms with E-state index >= 15 is 0 Å². The monoisotopic (exact) mass is 488 g/mol. The molecule has 0 radical (unpaired) electrons. The molecule has 1 aromatic carbocycles. The average molecular weight is 489 g/mol. The molecule has 2 heterocycles. The van der Waals surface area contributed by atoms with E-state index < -0.39 is 23.5 Å². The quantitative estimate of drug-likeness (QED) is 0.531. The Morgan fingerprint density at radius 3 is 2.56 bits per heavy atom. The minimum atomic E-state index is -0.613. The topological polar surface area (TPSA) is 119 Å². The van der Waals surface area contributed by atoms with E-state index in [9.17, 15) is 14.4 Å². The molecule has 34 heavy (non-hydrogen) atoms. The third-order valence-electron chi connectivity index (χ3n) is 5.16. The van der Waals surface area contributed by atoms with E-state index in [1.54, 1.807) is 45.0 Å². The maximum atomic E-state index is 13.1. The van der Waals surface area contributed by atoms with Gasteiger partial charge in [0.2, 0.25) is 5.91 Å². The van der Waals surface area contributed by atoms with Gasteiger partial charge < -0.3 is 25.4 Å². The lowest BCUT2D eigenvalue weighted by Crippen LogP contribution is -2.48. The van der Waals surface area contributed by atoms with Crippen molar-refractivity contribution in [3.8, 4) is 5.75 Å². The number of anilines is 2. The second kappa shape index (κ2) is 10.8. The molecule has 1 aliphatic heterocycles. The van der Waals surface area contributed by atoms with Crippen molar-refractivity contribution in [1.82, 2.24) is 10.3 Å². The summed E-state index contributed by atoms with van der Waals surface area (Å²) in [6, 6.07) is 7.40. The fourth-order valence-electron chi connectivity index (χ4n) is 3.52. The number of hydrogen-bond donors (Lipinski definition) is 3. The van der Waals surface area contributed by atoms with Gasteiger partial charge in [0.25, 0.3) is 5.91 Å². The van der Waals surface area contributed by atoms with Crippen LogP contribution >= 0.6 is 11.6 Å². The highest BCUT2D eigenvalue weighted by atomic mass is 35.5. The van der Waals surface area contributed by atoms with Crippen LogP contribution in [0.15, 0.2) is 36.5 Å². The summed E-state index contributed by atoms with van der Waals surface area (Å²) in [5.74, 6) is -0.785. The molecule has 182 valence electrons. The number of pyridine rings is 1. The Balaban J connectivity index is 1.74. The van der Waals surface area contributed by atoms with Crippen LogP contribution < -0.4 is 20.7 Å². The number of carbonyl (C=O) groups is 3. The number of esters is 1. The molecular formula is C24H29ClN4O5. The molecular weight excluding hydrogens is 460 g/mol. The van der Waals surface area contributed by atoms with Crippen molar-refractivity contribution in [2.24, 2.45) is 5.92 Å². The second-order valence-electron chi connectivity index (χ2n) is 8.98. The first kappa shape index (κ1) is 25.5. The van der Waals surface area contributed by atoms with Crippen LogP contribution in [0.2, 0.25) is 5.02 Å². The third kappa shape index (κ3) is 6.91. The number of piperidine rings is 1. The van der Waals surface area contributed by atoms with E-state index in [-0.39, 0.29) is 17.4 Å². The maximum absolute atomic E-state index is 13.1. The summed E-state index contributed by atoms with van der Waals surface area (Å²) in [6.45, 7) is 5.90. The van der Waals surface area contributed by atoms with Crippen LogP contribution in [-0.4, -0.2) is 48.1 Å². The minimum absolute atomic E-state index is 0.210. The van der Waals surface area contributed by atoms with Gasteiger partial charge in [-0.15, -0.1) is 0 Å². The van der Waals surface area contributed by atoms with Gasteiger partial charge in [-0.25, -0.2) is 4.98 Å². The Morgan fingerprint density at radius 1 is 1.15 bits per heavy atom. The predicted octanol–water partition coefficient (Wildman–Crippen LogP) is 3.64. The Morgan fingerprint density at radius 2 is 1.91 bits per heavy atom. The Hall–Kier alpha value is -3.17. The van der Waals surface area contributed by atoms with E-state index in [1.165, 1.54) is 19.4 Å². The molecule has 9 nitrogen and oxygen atoms in total. The summed E-state index contributed by atoms with van der Waals surface area (Å²) in [6.07, 6.45) is 2.27. The molecule has 2 atom stereocenters. The number of ether oxygens (including phenoxy) is 2. The highest BCUT2D eigenvalue weighted by molar-refractivity contribution is 6.30. The Kier molecular flexibility index (Phi) is 8.11. The van der Waals surface area contributed by atoms with Gasteiger partial charge in [0, 0.05) is 12.1 Å². The number of methoxy groups -OCH3 is 1. The summed E-state index contributed by atoms with van der Waals surface area (Å²) in [4.78, 5) is 42.5. The van der Waals surface area contributed by atoms with E-state index in [4.69, 9.17) is 21.1 Å². The lowest BCUT2D eigenvalue weighted by molar-refractivity contribution is -0.158. The van der Waals surface area contributed by atoms with Crippen molar-refractivity contribution >= 4 is 40.9 Å². The number of benzene rings is 1. The van der Waals surface area contributed by atoms with Crippen LogP contribution in [0.5, 0.6) is 5.75 Å². The molecule has 2 aromatic rings. The highest BCUT2D eigenvalue weighted by Gasteiger charge is 2.34. The Labute approximate surface area is 203 Å². The second-order valence-corrected chi connectivity index (χ2v) is 9.41. The van der Waals surface area contributed by atoms with E-state index in [2.05, 4.69) is 20.9 Å². The van der Waals surface area contributed by atoms with Crippen molar-refractivity contribution in [3.05, 3.63) is 47.1 Å². The number of nitrogens with zero attached hydrogens (tertiary/aromatic N) is 1. The molecule has 0 aliphatic carbocycles. The van der Waals surface area contributed by atoms with Gasteiger partial charge in [-0.3, -0.25) is 14.4 Å². The molecule has 2 amide bonds. The summed E-state index contributed by atoms with van der Waals surface area (Å²) in [5, 5.41) is 9.08. The van der Waals surface area contributed by atoms with Gasteiger partial charge in [0.05, 0.1) is 23.4 Å². The van der Waals surface area contributed by atoms with Crippen LogP contribution in [0.3, 0.4) is 0 Å². The van der Waals surface area contributed by atoms with Crippen LogP contribution in [0, 0.1) is 5.92 Å². The molecule has 10 heteroatoms. The minimum Gasteiger partial charge on any atom is -0.497 e. The molecule has 0 bridgehead atoms. The summed E-state index contributed by atoms with van der Waals surface area (Å²) >= 11 is 5.85. The zero-order valence-corrected chi connectivity index (χ0v) is 20.4. The van der Waals surface area contributed by atoms with Crippen molar-refractivity contribution in [2.75, 3.05) is 24.3 Å².